The number of rotatable bonds is 12. The fourth-order valence-electron chi connectivity index (χ4n) is 2.47. The predicted octanol–water partition coefficient (Wildman–Crippen LogP) is -1.77. The van der Waals surface area contributed by atoms with E-state index in [1.165, 1.54) is 31.2 Å². The van der Waals surface area contributed by atoms with Crippen LogP contribution in [0, 0.1) is 0 Å². The number of phenols is 1. The van der Waals surface area contributed by atoms with Gasteiger partial charge in [-0.15, -0.1) is 0 Å². The van der Waals surface area contributed by atoms with Crippen LogP contribution in [0.15, 0.2) is 24.3 Å². The lowest BCUT2D eigenvalue weighted by atomic mass is 10.0. The van der Waals surface area contributed by atoms with E-state index in [1.807, 2.05) is 0 Å². The van der Waals surface area contributed by atoms with Crippen molar-refractivity contribution in [1.29, 1.82) is 0 Å². The number of carbonyl (C=O) groups is 5. The van der Waals surface area contributed by atoms with E-state index in [4.69, 9.17) is 15.9 Å². The number of carboxylic acid groups (broad SMARTS) is 2. The zero-order chi connectivity index (χ0) is 24.4. The topological polar surface area (TPSA) is 208 Å². The molecule has 0 aromatic heterocycles. The van der Waals surface area contributed by atoms with Gasteiger partial charge >= 0.3 is 11.9 Å². The molecule has 0 radical (unpaired) electrons. The van der Waals surface area contributed by atoms with Gasteiger partial charge < -0.3 is 37.0 Å². The number of carbonyl (C=O) groups excluding carboxylic acids is 3. The summed E-state index contributed by atoms with van der Waals surface area (Å²) in [5.74, 6) is -5.38. The highest BCUT2D eigenvalue weighted by atomic mass is 32.1. The van der Waals surface area contributed by atoms with Gasteiger partial charge in [-0.25, -0.2) is 0 Å². The molecule has 0 aliphatic heterocycles. The Morgan fingerprint density at radius 1 is 0.938 bits per heavy atom. The molecule has 12 nitrogen and oxygen atoms in total. The predicted molar refractivity (Wildman–Crippen MR) is 115 cm³/mol. The summed E-state index contributed by atoms with van der Waals surface area (Å²) in [6, 6.07) is 0.504. The molecule has 3 amide bonds. The average molecular weight is 471 g/mol. The molecular weight excluding hydrogens is 444 g/mol. The summed E-state index contributed by atoms with van der Waals surface area (Å²) < 4.78 is 0. The van der Waals surface area contributed by atoms with E-state index in [-0.39, 0.29) is 17.9 Å². The van der Waals surface area contributed by atoms with Crippen LogP contribution in [-0.2, 0) is 30.4 Å². The summed E-state index contributed by atoms with van der Waals surface area (Å²) >= 11 is 3.87. The monoisotopic (exact) mass is 470 g/mol. The van der Waals surface area contributed by atoms with Gasteiger partial charge in [0, 0.05) is 12.2 Å². The Hall–Kier alpha value is -3.32. The van der Waals surface area contributed by atoms with Gasteiger partial charge in [0.25, 0.3) is 0 Å². The van der Waals surface area contributed by atoms with Crippen LogP contribution in [0.25, 0.3) is 0 Å². The third-order valence-corrected chi connectivity index (χ3v) is 4.68. The minimum atomic E-state index is -1.54. The van der Waals surface area contributed by atoms with Gasteiger partial charge in [-0.2, -0.15) is 12.6 Å². The van der Waals surface area contributed by atoms with E-state index in [1.54, 1.807) is 0 Å². The maximum Gasteiger partial charge on any atom is 0.325 e. The Kier molecular flexibility index (Phi) is 10.4. The van der Waals surface area contributed by atoms with Crippen LogP contribution in [0.1, 0.15) is 18.9 Å². The Labute approximate surface area is 189 Å². The summed E-state index contributed by atoms with van der Waals surface area (Å²) in [4.78, 5) is 59.6. The van der Waals surface area contributed by atoms with Crippen molar-refractivity contribution in [3.05, 3.63) is 29.8 Å². The minimum Gasteiger partial charge on any atom is -0.508 e. The first-order valence-corrected chi connectivity index (χ1v) is 10.1. The molecule has 176 valence electrons. The summed E-state index contributed by atoms with van der Waals surface area (Å²) in [5, 5.41) is 34.3. The van der Waals surface area contributed by atoms with Gasteiger partial charge in [0.05, 0.1) is 12.5 Å². The number of benzene rings is 1. The molecule has 0 heterocycles. The fourth-order valence-corrected chi connectivity index (χ4v) is 2.64. The molecule has 13 heteroatoms. The highest BCUT2D eigenvalue weighted by molar-refractivity contribution is 7.80. The van der Waals surface area contributed by atoms with Crippen molar-refractivity contribution in [3.8, 4) is 5.75 Å². The van der Waals surface area contributed by atoms with Crippen LogP contribution in [0.4, 0.5) is 0 Å². The molecule has 8 N–H and O–H groups in total. The van der Waals surface area contributed by atoms with E-state index in [0.717, 1.165) is 0 Å². The van der Waals surface area contributed by atoms with Crippen molar-refractivity contribution in [1.82, 2.24) is 16.0 Å². The van der Waals surface area contributed by atoms with Gasteiger partial charge in [0.15, 0.2) is 0 Å². The molecule has 1 aromatic carbocycles. The Morgan fingerprint density at radius 2 is 1.47 bits per heavy atom. The lowest BCUT2D eigenvalue weighted by Crippen LogP contribution is -2.58. The first-order valence-electron chi connectivity index (χ1n) is 9.44. The summed E-state index contributed by atoms with van der Waals surface area (Å²) in [6.45, 7) is 1.23. The van der Waals surface area contributed by atoms with Crippen molar-refractivity contribution in [2.24, 2.45) is 5.73 Å². The largest absolute Gasteiger partial charge is 0.508 e. The fraction of sp³-hybridized carbons (Fsp3) is 0.421. The van der Waals surface area contributed by atoms with Crippen LogP contribution in [-0.4, -0.2) is 74.9 Å². The number of thiol groups is 1. The Bertz CT molecular complexity index is 848. The number of amides is 3. The highest BCUT2D eigenvalue weighted by Crippen LogP contribution is 2.12. The van der Waals surface area contributed by atoms with Crippen molar-refractivity contribution in [2.75, 3.05) is 5.75 Å². The van der Waals surface area contributed by atoms with Gasteiger partial charge in [-0.05, 0) is 24.6 Å². The number of hydrogen-bond donors (Lipinski definition) is 8. The van der Waals surface area contributed by atoms with Gasteiger partial charge in [-0.3, -0.25) is 24.0 Å². The van der Waals surface area contributed by atoms with E-state index in [2.05, 4.69) is 28.6 Å². The molecule has 1 aromatic rings. The zero-order valence-electron chi connectivity index (χ0n) is 17.1. The van der Waals surface area contributed by atoms with Crippen LogP contribution in [0.2, 0.25) is 0 Å². The minimum absolute atomic E-state index is 0.0250. The van der Waals surface area contributed by atoms with E-state index in [0.29, 0.717) is 5.56 Å². The molecule has 32 heavy (non-hydrogen) atoms. The summed E-state index contributed by atoms with van der Waals surface area (Å²) in [5.41, 5.74) is 6.05. The first kappa shape index (κ1) is 26.7. The number of aliphatic carboxylic acids is 2. The number of nitrogens with one attached hydrogen (secondary N) is 3. The molecular formula is C19H26N4O8S. The second-order valence-corrected chi connectivity index (χ2v) is 7.31. The first-order chi connectivity index (χ1) is 14.9. The molecule has 0 saturated carbocycles. The number of aromatic hydroxyl groups is 1. The summed E-state index contributed by atoms with van der Waals surface area (Å²) in [6.07, 6.45) is -0.885. The van der Waals surface area contributed by atoms with E-state index >= 15 is 0 Å². The molecule has 4 unspecified atom stereocenters. The van der Waals surface area contributed by atoms with Gasteiger partial charge in [0.1, 0.15) is 23.9 Å². The molecule has 0 saturated heterocycles. The van der Waals surface area contributed by atoms with Crippen molar-refractivity contribution < 1.29 is 39.3 Å². The third kappa shape index (κ3) is 8.81. The standard InChI is InChI=1S/C19H26N4O8S/c1-9(19(30)31)21-17(28)13(6-10-2-4-11(24)5-3-10)23-18(29)14(7-15(25)26)22-16(27)12(20)8-32/h2-5,9,12-14,24,32H,6-8,20H2,1H3,(H,21,28)(H,22,27)(H,23,29)(H,25,26)(H,30,31). The molecule has 0 bridgehead atoms. The second-order valence-electron chi connectivity index (χ2n) is 6.95. The molecule has 0 aliphatic rings. The smallest absolute Gasteiger partial charge is 0.325 e. The molecule has 0 aliphatic carbocycles. The van der Waals surface area contributed by atoms with Crippen molar-refractivity contribution in [3.63, 3.8) is 0 Å². The quantitative estimate of drug-likeness (QED) is 0.162. The number of nitrogens with two attached hydrogens (primary N) is 1. The van der Waals surface area contributed by atoms with E-state index < -0.39 is 60.2 Å². The zero-order valence-corrected chi connectivity index (χ0v) is 18.0. The lowest BCUT2D eigenvalue weighted by Gasteiger charge is -2.24. The average Bonchev–Trinajstić information content (AvgIpc) is 2.72. The number of carboxylic acids is 2. The Balaban J connectivity index is 3.08. The van der Waals surface area contributed by atoms with Crippen LogP contribution in [0.5, 0.6) is 5.75 Å². The Morgan fingerprint density at radius 3 is 1.97 bits per heavy atom. The third-order valence-electron chi connectivity index (χ3n) is 4.28. The summed E-state index contributed by atoms with van der Waals surface area (Å²) in [7, 11) is 0. The van der Waals surface area contributed by atoms with Crippen LogP contribution < -0.4 is 21.7 Å². The van der Waals surface area contributed by atoms with Crippen LogP contribution >= 0.6 is 12.6 Å². The van der Waals surface area contributed by atoms with Crippen molar-refractivity contribution >= 4 is 42.3 Å². The lowest BCUT2D eigenvalue weighted by molar-refractivity contribution is -0.143. The van der Waals surface area contributed by atoms with Gasteiger partial charge in [-0.1, -0.05) is 12.1 Å². The number of hydrogen-bond acceptors (Lipinski definition) is 8. The molecule has 0 fully saturated rings. The second kappa shape index (κ2) is 12.5. The van der Waals surface area contributed by atoms with E-state index in [9.17, 15) is 29.1 Å². The SMILES string of the molecule is CC(NC(=O)C(Cc1ccc(O)cc1)NC(=O)C(CC(=O)O)NC(=O)C(N)CS)C(=O)O. The number of phenolic OH excluding ortho intramolecular Hbond substituents is 1. The molecule has 0 spiro atoms. The maximum atomic E-state index is 12.7. The van der Waals surface area contributed by atoms with Crippen LogP contribution in [0.3, 0.4) is 0 Å². The van der Waals surface area contributed by atoms with Gasteiger partial charge in [0.2, 0.25) is 17.7 Å². The highest BCUT2D eigenvalue weighted by Gasteiger charge is 2.30. The molecule has 1 rings (SSSR count). The normalized spacial score (nSPS) is 14.3. The maximum absolute atomic E-state index is 12.7. The molecule has 4 atom stereocenters. The van der Waals surface area contributed by atoms with Crippen molar-refractivity contribution in [2.45, 2.75) is 43.9 Å².